The summed E-state index contributed by atoms with van der Waals surface area (Å²) in [6, 6.07) is 143. The van der Waals surface area contributed by atoms with Crippen LogP contribution < -0.4 is 9.65 Å². The molecule has 0 bridgehead atoms. The lowest BCUT2D eigenvalue weighted by Crippen LogP contribution is -2.63. The van der Waals surface area contributed by atoms with E-state index >= 15 is 0 Å². The lowest BCUT2D eigenvalue weighted by molar-refractivity contribution is -0.382. The SMILES string of the molecule is CC1(C)OB(c2ccc(-c3cc(-c4ccccn4)nc4ccccc34)cc2)OC1(C)C.O=S(=O)(Oc1ccc2ccc(-c3ccc4c(c3)C(c3ccccc3)(c3ccccc3)c3ccccc3-4)cc2c1)C(F)(F)C(F)(F)C(F)(F)C(F)(F)F.c1ccc(C2(c3ccccc3)c3ccccc3-c3ccc(-c4ccc5ccc(-c6ccc(-c7cc(-c8ccccn8)nc8ccccc78)cc6)cc5c4)cc32)cc1. The highest BCUT2D eigenvalue weighted by Crippen LogP contribution is 2.60. The number of hydrogen-bond donors (Lipinski definition) is 0. The fourth-order valence-electron chi connectivity index (χ4n) is 19.8. The smallest absolute Gasteiger partial charge is 0.399 e. The minimum atomic E-state index is -7.41. The van der Waals surface area contributed by atoms with Gasteiger partial charge >= 0.3 is 40.5 Å². The predicted octanol–water partition coefficient (Wildman–Crippen LogP) is 30.1. The van der Waals surface area contributed by atoms with Crippen molar-refractivity contribution in [2.24, 2.45) is 0 Å². The van der Waals surface area contributed by atoms with E-state index in [9.17, 15) is 47.9 Å². The van der Waals surface area contributed by atoms with E-state index in [1.54, 1.807) is 18.3 Å². The van der Waals surface area contributed by atoms with Gasteiger partial charge in [0.2, 0.25) is 0 Å². The summed E-state index contributed by atoms with van der Waals surface area (Å²) in [6.07, 6.45) is -3.58. The highest BCUT2D eigenvalue weighted by molar-refractivity contribution is 7.88. The van der Waals surface area contributed by atoms with Crippen LogP contribution in [0.3, 0.4) is 0 Å². The summed E-state index contributed by atoms with van der Waals surface area (Å²) in [5, 5.41) is -1.74. The quantitative estimate of drug-likeness (QED) is 0.0499. The van der Waals surface area contributed by atoms with E-state index < -0.39 is 50.0 Å². The summed E-state index contributed by atoms with van der Waals surface area (Å²) >= 11 is 0. The fourth-order valence-corrected chi connectivity index (χ4v) is 20.7. The average molecular weight is 1880 g/mol. The first-order chi connectivity index (χ1) is 67.5. The molecule has 0 saturated carbocycles. The van der Waals surface area contributed by atoms with Crippen LogP contribution >= 0.6 is 0 Å². The van der Waals surface area contributed by atoms with Crippen LogP contribution in [-0.4, -0.2) is 70.0 Å². The predicted molar refractivity (Wildman–Crippen MR) is 539 cm³/mol. The third-order valence-corrected chi connectivity index (χ3v) is 28.7. The molecule has 23 rings (SSSR count). The van der Waals surface area contributed by atoms with Crippen LogP contribution in [0.2, 0.25) is 0 Å². The van der Waals surface area contributed by atoms with Gasteiger partial charge in [0.15, 0.2) is 0 Å². The van der Waals surface area contributed by atoms with Gasteiger partial charge in [0, 0.05) is 23.2 Å². The second-order valence-electron chi connectivity index (χ2n) is 36.1. The second kappa shape index (κ2) is 35.4. The van der Waals surface area contributed by atoms with Crippen molar-refractivity contribution in [1.29, 1.82) is 0 Å². The molecule has 9 nitrogen and oxygen atoms in total. The van der Waals surface area contributed by atoms with E-state index in [4.69, 9.17) is 19.3 Å². The Kier molecular flexibility index (Phi) is 22.9. The van der Waals surface area contributed by atoms with E-state index in [1.807, 2.05) is 164 Å². The lowest BCUT2D eigenvalue weighted by atomic mass is 9.67. The molecule has 140 heavy (non-hydrogen) atoms. The van der Waals surface area contributed by atoms with Gasteiger partial charge in [0.25, 0.3) is 0 Å². The highest BCUT2D eigenvalue weighted by Gasteiger charge is 2.86. The van der Waals surface area contributed by atoms with Gasteiger partial charge in [-0.05, 0) is 268 Å². The Morgan fingerprint density at radius 2 is 0.621 bits per heavy atom. The van der Waals surface area contributed by atoms with Gasteiger partial charge in [-0.3, -0.25) is 9.97 Å². The number of fused-ring (bicyclic) bond motifs is 10. The summed E-state index contributed by atoms with van der Waals surface area (Å²) in [6.45, 7) is 8.29. The number of rotatable bonds is 17. The molecule has 1 aliphatic heterocycles. The molecule has 0 spiro atoms. The Balaban J connectivity index is 0.000000130. The van der Waals surface area contributed by atoms with Crippen molar-refractivity contribution in [2.75, 3.05) is 0 Å². The zero-order valence-corrected chi connectivity index (χ0v) is 76.6. The lowest BCUT2D eigenvalue weighted by Gasteiger charge is -2.34. The first-order valence-corrected chi connectivity index (χ1v) is 47.0. The first-order valence-electron chi connectivity index (χ1n) is 45.6. The first kappa shape index (κ1) is 90.7. The molecule has 0 N–H and O–H groups in total. The van der Waals surface area contributed by atoms with Crippen LogP contribution in [0.5, 0.6) is 5.75 Å². The third kappa shape index (κ3) is 15.7. The Morgan fingerprint density at radius 1 is 0.286 bits per heavy atom. The van der Waals surface area contributed by atoms with E-state index in [0.29, 0.717) is 16.5 Å². The van der Waals surface area contributed by atoms with Crippen LogP contribution in [0.25, 0.3) is 144 Å². The summed E-state index contributed by atoms with van der Waals surface area (Å²) in [5.74, 6) is -15.8. The molecule has 5 heterocycles. The van der Waals surface area contributed by atoms with Gasteiger partial charge in [-0.1, -0.05) is 334 Å². The van der Waals surface area contributed by atoms with Gasteiger partial charge in [0.05, 0.1) is 55.8 Å². The van der Waals surface area contributed by atoms with Crippen LogP contribution in [0, 0.1) is 0 Å². The second-order valence-corrected chi connectivity index (χ2v) is 37.7. The number of hydrogen-bond acceptors (Lipinski definition) is 9. The molecule has 0 atom stereocenters. The number of benzene rings is 16. The Bertz CT molecular complexity index is 8170. The van der Waals surface area contributed by atoms with Crippen LogP contribution in [-0.2, 0) is 30.3 Å². The summed E-state index contributed by atoms with van der Waals surface area (Å²) in [4.78, 5) is 18.9. The molecule has 20 aromatic rings. The van der Waals surface area contributed by atoms with Crippen molar-refractivity contribution in [3.8, 4) is 106 Å². The van der Waals surface area contributed by atoms with Gasteiger partial charge in [0.1, 0.15) is 5.75 Å². The molecule has 3 aliphatic rings. The van der Waals surface area contributed by atoms with Gasteiger partial charge < -0.3 is 13.5 Å². The third-order valence-electron chi connectivity index (χ3n) is 27.4. The van der Waals surface area contributed by atoms with Crippen molar-refractivity contribution in [3.63, 3.8) is 0 Å². The molecule has 2 aliphatic carbocycles. The number of nitrogens with zero attached hydrogens (tertiary/aromatic N) is 4. The van der Waals surface area contributed by atoms with Gasteiger partial charge in [-0.2, -0.15) is 47.9 Å². The standard InChI is InChI=1S/C55H36N2.C39H23F9O3S.C26H25BN2O2/c1-3-13-44(14-4-1)55(45-15-5-2-6-16-45)50-19-9-7-17-46(50)47-31-30-42(35-51(47)55)41-29-25-38-24-28-40(33-43(38)34-41)37-22-26-39(27-23-37)49-36-54(53-21-11-12-32-56-53)57-52-20-10-8-18-48(49)52;40-36(41,38(44,45)46)37(42,43)39(47,48)52(49,50)51-30-19-17-24-15-16-25(21-27(24)22-30)26-18-20-32-31-13-7-8-14-33(31)35(34(32)23-26,28-9-3-1-4-10-28)29-11-5-2-6-12-29;1-25(2)26(3,4)31-27(30-25)19-14-12-18(13-15-19)21-17-24(23-11-7-8-16-28-23)29-22-10-6-5-9-20(21)22/h1-36H;1-23H;5-17H,1-4H3. The molecule has 4 aromatic heterocycles. The van der Waals surface area contributed by atoms with Crippen LogP contribution in [0.4, 0.5) is 39.5 Å². The molecule has 686 valence electrons. The molecule has 0 unspecified atom stereocenters. The minimum absolute atomic E-state index is 0.155. The minimum Gasteiger partial charge on any atom is -0.399 e. The fraction of sp³-hybridized carbons (Fsp3) is 0.100. The molecular formula is C120H84BF9N4O5S. The topological polar surface area (TPSA) is 113 Å². The average Bonchev–Trinajstić information content (AvgIpc) is 1.56. The van der Waals surface area contributed by atoms with Gasteiger partial charge in [-0.15, -0.1) is 0 Å². The zero-order chi connectivity index (χ0) is 96.7. The van der Waals surface area contributed by atoms with Gasteiger partial charge in [-0.25, -0.2) is 9.97 Å². The number of halogens is 9. The maximum Gasteiger partial charge on any atom is 0.494 e. The van der Waals surface area contributed by atoms with E-state index in [0.717, 1.165) is 118 Å². The Labute approximate surface area is 803 Å². The normalized spacial score (nSPS) is 14.4. The molecule has 1 saturated heterocycles. The molecule has 1 fully saturated rings. The molecular weight excluding hydrogens is 1790 g/mol. The van der Waals surface area contributed by atoms with Crippen molar-refractivity contribution in [2.45, 2.75) is 73.0 Å². The number of alkyl halides is 9. The van der Waals surface area contributed by atoms with Crippen molar-refractivity contribution >= 4 is 66.1 Å². The van der Waals surface area contributed by atoms with E-state index in [-0.39, 0.29) is 23.7 Å². The largest absolute Gasteiger partial charge is 0.494 e. The number of pyridine rings is 4. The van der Waals surface area contributed by atoms with Crippen molar-refractivity contribution in [1.82, 2.24) is 19.9 Å². The monoisotopic (exact) mass is 1870 g/mol. The maximum absolute atomic E-state index is 14.4. The van der Waals surface area contributed by atoms with Crippen LogP contribution in [0.1, 0.15) is 72.2 Å². The van der Waals surface area contributed by atoms with E-state index in [1.165, 1.54) is 78.5 Å². The summed E-state index contributed by atoms with van der Waals surface area (Å²) in [7, 11) is -7.47. The highest BCUT2D eigenvalue weighted by atomic mass is 32.2. The van der Waals surface area contributed by atoms with Crippen LogP contribution in [0.15, 0.2) is 437 Å². The molecule has 0 amide bonds. The molecule has 20 heteroatoms. The molecule has 0 radical (unpaired) electrons. The summed E-state index contributed by atoms with van der Waals surface area (Å²) < 4.78 is 162. The Hall–Kier alpha value is -15.7. The van der Waals surface area contributed by atoms with E-state index in [2.05, 4.69) is 272 Å². The number of aromatic nitrogens is 4. The maximum atomic E-state index is 14.4. The Morgan fingerprint density at radius 3 is 1.04 bits per heavy atom. The number of para-hydroxylation sites is 2. The summed E-state index contributed by atoms with van der Waals surface area (Å²) in [5.41, 5.74) is 28.9. The van der Waals surface area contributed by atoms with Crippen molar-refractivity contribution < 1.29 is 61.4 Å². The van der Waals surface area contributed by atoms with Crippen molar-refractivity contribution in [3.05, 3.63) is 482 Å². The molecule has 16 aromatic carbocycles. The zero-order valence-electron chi connectivity index (χ0n) is 75.8.